The van der Waals surface area contributed by atoms with E-state index >= 15 is 0 Å². The van der Waals surface area contributed by atoms with Gasteiger partial charge in [0.25, 0.3) is 11.8 Å². The molecule has 0 aromatic heterocycles. The molecule has 0 aliphatic carbocycles. The minimum atomic E-state index is -0.781. The molecule has 1 aromatic carbocycles. The Hall–Kier alpha value is -1.72. The summed E-state index contributed by atoms with van der Waals surface area (Å²) in [6, 6.07) is 6.72. The summed E-state index contributed by atoms with van der Waals surface area (Å²) in [5, 5.41) is 13.1. The summed E-state index contributed by atoms with van der Waals surface area (Å²) in [6.45, 7) is 6.30. The number of β-amino-alcohol motifs (C(OH)–C–C–N with tert-alkyl or cyclic N) is 1. The van der Waals surface area contributed by atoms with E-state index in [2.05, 4.69) is 5.32 Å². The zero-order valence-corrected chi connectivity index (χ0v) is 12.0. The highest BCUT2D eigenvalue weighted by atomic mass is 16.3. The van der Waals surface area contributed by atoms with Crippen molar-refractivity contribution in [1.82, 2.24) is 10.2 Å². The largest absolute Gasteiger partial charge is 0.390 e. The van der Waals surface area contributed by atoms with Gasteiger partial charge in [-0.05, 0) is 32.9 Å². The number of aliphatic hydroxyl groups excluding tert-OH is 1. The molecule has 108 valence electrons. The minimum Gasteiger partial charge on any atom is -0.390 e. The summed E-state index contributed by atoms with van der Waals surface area (Å²) in [5.74, 6) is -0.666. The van der Waals surface area contributed by atoms with Crippen LogP contribution in [0.2, 0.25) is 0 Å². The third-order valence-corrected chi connectivity index (χ3v) is 3.14. The van der Waals surface area contributed by atoms with Crippen molar-refractivity contribution in [2.45, 2.75) is 32.4 Å². The number of carbonyl (C=O) groups is 2. The van der Waals surface area contributed by atoms with E-state index in [-0.39, 0.29) is 23.9 Å². The Kier molecular flexibility index (Phi) is 3.92. The van der Waals surface area contributed by atoms with Gasteiger partial charge < -0.3 is 10.4 Å². The van der Waals surface area contributed by atoms with Gasteiger partial charge in [0, 0.05) is 12.1 Å². The van der Waals surface area contributed by atoms with Crippen LogP contribution in [0.25, 0.3) is 0 Å². The molecule has 5 nitrogen and oxygen atoms in total. The maximum Gasteiger partial charge on any atom is 0.261 e. The number of carbonyl (C=O) groups excluding carboxylic acids is 2. The van der Waals surface area contributed by atoms with Crippen LogP contribution >= 0.6 is 0 Å². The van der Waals surface area contributed by atoms with Crippen LogP contribution < -0.4 is 5.32 Å². The summed E-state index contributed by atoms with van der Waals surface area (Å²) < 4.78 is 0. The predicted octanol–water partition coefficient (Wildman–Crippen LogP) is 1.03. The molecule has 0 saturated carbocycles. The molecule has 0 unspecified atom stereocenters. The molecule has 5 heteroatoms. The quantitative estimate of drug-likeness (QED) is 0.806. The van der Waals surface area contributed by atoms with E-state index in [1.54, 1.807) is 24.3 Å². The van der Waals surface area contributed by atoms with Crippen LogP contribution in [0.5, 0.6) is 0 Å². The van der Waals surface area contributed by atoms with Gasteiger partial charge >= 0.3 is 0 Å². The molecule has 2 N–H and O–H groups in total. The molecule has 0 fully saturated rings. The maximum atomic E-state index is 12.1. The predicted molar refractivity (Wildman–Crippen MR) is 75.6 cm³/mol. The maximum absolute atomic E-state index is 12.1. The van der Waals surface area contributed by atoms with E-state index in [9.17, 15) is 14.7 Å². The number of aliphatic hydroxyl groups is 1. The molecule has 1 atom stereocenters. The fourth-order valence-electron chi connectivity index (χ4n) is 2.10. The molecule has 0 bridgehead atoms. The van der Waals surface area contributed by atoms with Crippen molar-refractivity contribution < 1.29 is 14.7 Å². The standard InChI is InChI=1S/C15H20N2O3/c1-15(2,3)16-8-10(18)9-17-13(19)11-6-4-5-7-12(11)14(17)20/h4-7,10,16,18H,8-9H2,1-3H3/t10-/m1/s1. The summed E-state index contributed by atoms with van der Waals surface area (Å²) >= 11 is 0. The smallest absolute Gasteiger partial charge is 0.261 e. The van der Waals surface area contributed by atoms with E-state index in [1.165, 1.54) is 0 Å². The molecule has 1 aliphatic rings. The Labute approximate surface area is 118 Å². The molecule has 1 heterocycles. The molecule has 1 aromatic rings. The van der Waals surface area contributed by atoms with Crippen LogP contribution in [0.15, 0.2) is 24.3 Å². The summed E-state index contributed by atoms with van der Waals surface area (Å²) in [7, 11) is 0. The Morgan fingerprint density at radius 2 is 1.65 bits per heavy atom. The number of rotatable bonds is 4. The van der Waals surface area contributed by atoms with Crippen LogP contribution in [0.4, 0.5) is 0 Å². The van der Waals surface area contributed by atoms with Crippen molar-refractivity contribution in [2.24, 2.45) is 0 Å². The van der Waals surface area contributed by atoms with Crippen molar-refractivity contribution in [3.63, 3.8) is 0 Å². The van der Waals surface area contributed by atoms with Crippen LogP contribution in [-0.2, 0) is 0 Å². The lowest BCUT2D eigenvalue weighted by Crippen LogP contribution is -2.46. The molecule has 1 aliphatic heterocycles. The van der Waals surface area contributed by atoms with Gasteiger partial charge in [-0.25, -0.2) is 0 Å². The third kappa shape index (κ3) is 3.05. The zero-order chi connectivity index (χ0) is 14.9. The molecule has 20 heavy (non-hydrogen) atoms. The van der Waals surface area contributed by atoms with E-state index in [0.717, 1.165) is 4.90 Å². The van der Waals surface area contributed by atoms with Crippen molar-refractivity contribution >= 4 is 11.8 Å². The highest BCUT2D eigenvalue weighted by Gasteiger charge is 2.36. The Morgan fingerprint density at radius 3 is 2.10 bits per heavy atom. The minimum absolute atomic E-state index is 0.00935. The lowest BCUT2D eigenvalue weighted by molar-refractivity contribution is 0.0537. The third-order valence-electron chi connectivity index (χ3n) is 3.14. The first kappa shape index (κ1) is 14.7. The van der Waals surface area contributed by atoms with Crippen LogP contribution in [-0.4, -0.2) is 46.6 Å². The molecular formula is C15H20N2O3. The Balaban J connectivity index is 2.02. The average molecular weight is 276 g/mol. The van der Waals surface area contributed by atoms with E-state index in [4.69, 9.17) is 0 Å². The fourth-order valence-corrected chi connectivity index (χ4v) is 2.10. The molecule has 0 radical (unpaired) electrons. The first-order chi connectivity index (χ1) is 9.29. The Morgan fingerprint density at radius 1 is 1.15 bits per heavy atom. The lowest BCUT2D eigenvalue weighted by atomic mass is 10.1. The van der Waals surface area contributed by atoms with Crippen LogP contribution in [0, 0.1) is 0 Å². The van der Waals surface area contributed by atoms with Gasteiger partial charge in [-0.15, -0.1) is 0 Å². The zero-order valence-electron chi connectivity index (χ0n) is 12.0. The second-order valence-corrected chi connectivity index (χ2v) is 6.05. The van der Waals surface area contributed by atoms with Gasteiger partial charge in [-0.3, -0.25) is 14.5 Å². The van der Waals surface area contributed by atoms with Gasteiger partial charge in [0.2, 0.25) is 0 Å². The molecular weight excluding hydrogens is 256 g/mol. The van der Waals surface area contributed by atoms with Gasteiger partial charge in [-0.1, -0.05) is 12.1 Å². The topological polar surface area (TPSA) is 69.6 Å². The second-order valence-electron chi connectivity index (χ2n) is 6.05. The number of benzene rings is 1. The number of nitrogens with one attached hydrogen (secondary N) is 1. The van der Waals surface area contributed by atoms with Crippen molar-refractivity contribution in [3.05, 3.63) is 35.4 Å². The van der Waals surface area contributed by atoms with E-state index in [0.29, 0.717) is 17.7 Å². The number of nitrogens with zero attached hydrogens (tertiary/aromatic N) is 1. The highest BCUT2D eigenvalue weighted by molar-refractivity contribution is 6.21. The highest BCUT2D eigenvalue weighted by Crippen LogP contribution is 2.22. The number of hydrogen-bond acceptors (Lipinski definition) is 4. The van der Waals surface area contributed by atoms with Gasteiger partial charge in [0.15, 0.2) is 0 Å². The first-order valence-electron chi connectivity index (χ1n) is 6.68. The van der Waals surface area contributed by atoms with Crippen LogP contribution in [0.1, 0.15) is 41.5 Å². The number of hydrogen-bond donors (Lipinski definition) is 2. The van der Waals surface area contributed by atoms with Gasteiger partial charge in [0.1, 0.15) is 0 Å². The molecule has 0 saturated heterocycles. The number of imide groups is 1. The van der Waals surface area contributed by atoms with E-state index < -0.39 is 6.10 Å². The normalized spacial score (nSPS) is 16.5. The number of amides is 2. The summed E-state index contributed by atoms with van der Waals surface area (Å²) in [5.41, 5.74) is 0.699. The average Bonchev–Trinajstić information content (AvgIpc) is 2.62. The molecule has 0 spiro atoms. The fraction of sp³-hybridized carbons (Fsp3) is 0.467. The van der Waals surface area contributed by atoms with Crippen LogP contribution in [0.3, 0.4) is 0 Å². The second kappa shape index (κ2) is 5.34. The Bertz CT molecular complexity index is 499. The molecule has 2 amide bonds. The molecule has 2 rings (SSSR count). The van der Waals surface area contributed by atoms with E-state index in [1.807, 2.05) is 20.8 Å². The SMILES string of the molecule is CC(C)(C)NC[C@@H](O)CN1C(=O)c2ccccc2C1=O. The summed E-state index contributed by atoms with van der Waals surface area (Å²) in [4.78, 5) is 25.3. The van der Waals surface area contributed by atoms with Crippen molar-refractivity contribution in [1.29, 1.82) is 0 Å². The van der Waals surface area contributed by atoms with Gasteiger partial charge in [-0.2, -0.15) is 0 Å². The van der Waals surface area contributed by atoms with Gasteiger partial charge in [0.05, 0.1) is 23.8 Å². The van der Waals surface area contributed by atoms with Crippen molar-refractivity contribution in [2.75, 3.05) is 13.1 Å². The number of fused-ring (bicyclic) bond motifs is 1. The summed E-state index contributed by atoms with van der Waals surface area (Å²) in [6.07, 6.45) is -0.781. The first-order valence-corrected chi connectivity index (χ1v) is 6.68. The monoisotopic (exact) mass is 276 g/mol. The lowest BCUT2D eigenvalue weighted by Gasteiger charge is -2.24. The van der Waals surface area contributed by atoms with Crippen molar-refractivity contribution in [3.8, 4) is 0 Å².